The molecule has 1 aliphatic rings. The van der Waals surface area contributed by atoms with Gasteiger partial charge in [-0.15, -0.1) is 0 Å². The summed E-state index contributed by atoms with van der Waals surface area (Å²) in [5.74, 6) is 0.343. The maximum atomic E-state index is 11.3. The molecule has 1 saturated heterocycles. The fourth-order valence-electron chi connectivity index (χ4n) is 2.25. The molecular formula is C12H17N3O2. The number of hydrogen-bond acceptors (Lipinski definition) is 4. The molecule has 1 aromatic carbocycles. The molecule has 1 atom stereocenters. The van der Waals surface area contributed by atoms with Crippen LogP contribution in [0.1, 0.15) is 12.8 Å². The van der Waals surface area contributed by atoms with Crippen LogP contribution in [0, 0.1) is 0 Å². The van der Waals surface area contributed by atoms with E-state index in [1.165, 1.54) is 0 Å². The highest BCUT2D eigenvalue weighted by Gasteiger charge is 2.29. The Morgan fingerprint density at radius 2 is 2.29 bits per heavy atom. The number of rotatable bonds is 3. The van der Waals surface area contributed by atoms with Crippen molar-refractivity contribution in [3.63, 3.8) is 0 Å². The van der Waals surface area contributed by atoms with Crippen molar-refractivity contribution in [3.05, 3.63) is 18.2 Å². The molecule has 1 amide bonds. The lowest BCUT2D eigenvalue weighted by atomic mass is 10.2. The van der Waals surface area contributed by atoms with Crippen molar-refractivity contribution in [3.8, 4) is 5.75 Å². The average Bonchev–Trinajstić information content (AvgIpc) is 2.78. The van der Waals surface area contributed by atoms with Crippen molar-refractivity contribution in [2.45, 2.75) is 18.9 Å². The van der Waals surface area contributed by atoms with Crippen LogP contribution in [-0.4, -0.2) is 25.6 Å². The molecule has 92 valence electrons. The number of ether oxygens (including phenoxy) is 1. The zero-order valence-corrected chi connectivity index (χ0v) is 9.85. The second kappa shape index (κ2) is 4.53. The third-order valence-electron chi connectivity index (χ3n) is 3.13. The number of nitrogens with zero attached hydrogens (tertiary/aromatic N) is 1. The Balaban J connectivity index is 2.30. The van der Waals surface area contributed by atoms with Gasteiger partial charge in [-0.25, -0.2) is 0 Å². The zero-order chi connectivity index (χ0) is 12.4. The zero-order valence-electron chi connectivity index (χ0n) is 9.85. The number of amides is 1. The summed E-state index contributed by atoms with van der Waals surface area (Å²) < 4.78 is 5.17. The van der Waals surface area contributed by atoms with Gasteiger partial charge >= 0.3 is 0 Å². The van der Waals surface area contributed by atoms with Crippen molar-refractivity contribution >= 4 is 17.3 Å². The van der Waals surface area contributed by atoms with Gasteiger partial charge in [0.2, 0.25) is 5.91 Å². The molecule has 17 heavy (non-hydrogen) atoms. The predicted octanol–water partition coefficient (Wildman–Crippen LogP) is 0.731. The minimum Gasteiger partial charge on any atom is -0.495 e. The summed E-state index contributed by atoms with van der Waals surface area (Å²) in [5.41, 5.74) is 12.7. The van der Waals surface area contributed by atoms with Gasteiger partial charge in [-0.3, -0.25) is 4.79 Å². The van der Waals surface area contributed by atoms with Crippen LogP contribution in [0.3, 0.4) is 0 Å². The van der Waals surface area contributed by atoms with Gasteiger partial charge in [-0.2, -0.15) is 0 Å². The van der Waals surface area contributed by atoms with Crippen molar-refractivity contribution in [2.24, 2.45) is 5.73 Å². The monoisotopic (exact) mass is 235 g/mol. The Hall–Kier alpha value is -1.91. The summed E-state index contributed by atoms with van der Waals surface area (Å²) in [7, 11) is 1.57. The molecule has 0 spiro atoms. The SMILES string of the molecule is COc1cc(N2CCC[C@@H]2C(N)=O)ccc1N. The molecule has 0 radical (unpaired) electrons. The third kappa shape index (κ3) is 2.13. The minimum atomic E-state index is -0.279. The van der Waals surface area contributed by atoms with Gasteiger partial charge in [0.25, 0.3) is 0 Å². The van der Waals surface area contributed by atoms with Crippen LogP contribution in [0.4, 0.5) is 11.4 Å². The second-order valence-electron chi connectivity index (χ2n) is 4.18. The number of primary amides is 1. The molecule has 4 N–H and O–H groups in total. The predicted molar refractivity (Wildman–Crippen MR) is 67.0 cm³/mol. The van der Waals surface area contributed by atoms with Crippen LogP contribution >= 0.6 is 0 Å². The summed E-state index contributed by atoms with van der Waals surface area (Å²) >= 11 is 0. The van der Waals surface area contributed by atoms with E-state index in [0.29, 0.717) is 11.4 Å². The van der Waals surface area contributed by atoms with Gasteiger partial charge in [0, 0.05) is 18.3 Å². The van der Waals surface area contributed by atoms with Gasteiger partial charge in [0.05, 0.1) is 12.8 Å². The third-order valence-corrected chi connectivity index (χ3v) is 3.13. The summed E-state index contributed by atoms with van der Waals surface area (Å²) in [6.07, 6.45) is 1.78. The molecular weight excluding hydrogens is 218 g/mol. The fourth-order valence-corrected chi connectivity index (χ4v) is 2.25. The van der Waals surface area contributed by atoms with Gasteiger partial charge in [-0.05, 0) is 25.0 Å². The van der Waals surface area contributed by atoms with E-state index in [4.69, 9.17) is 16.2 Å². The van der Waals surface area contributed by atoms with Crippen LogP contribution in [0.15, 0.2) is 18.2 Å². The Bertz CT molecular complexity index is 434. The highest BCUT2D eigenvalue weighted by molar-refractivity contribution is 5.84. The number of methoxy groups -OCH3 is 1. The van der Waals surface area contributed by atoms with E-state index in [9.17, 15) is 4.79 Å². The molecule has 1 aromatic rings. The van der Waals surface area contributed by atoms with E-state index >= 15 is 0 Å². The van der Waals surface area contributed by atoms with E-state index in [1.807, 2.05) is 17.0 Å². The number of nitrogen functional groups attached to an aromatic ring is 1. The van der Waals surface area contributed by atoms with E-state index in [2.05, 4.69) is 0 Å². The smallest absolute Gasteiger partial charge is 0.240 e. The van der Waals surface area contributed by atoms with Crippen LogP contribution in [0.25, 0.3) is 0 Å². The van der Waals surface area contributed by atoms with Gasteiger partial charge in [-0.1, -0.05) is 0 Å². The van der Waals surface area contributed by atoms with E-state index < -0.39 is 0 Å². The molecule has 0 aromatic heterocycles. The summed E-state index contributed by atoms with van der Waals surface area (Å²) in [6.45, 7) is 0.834. The first-order valence-corrected chi connectivity index (χ1v) is 5.63. The van der Waals surface area contributed by atoms with Gasteiger partial charge in [0.15, 0.2) is 0 Å². The van der Waals surface area contributed by atoms with Crippen molar-refractivity contribution in [1.29, 1.82) is 0 Å². The molecule has 0 unspecified atom stereocenters. The largest absolute Gasteiger partial charge is 0.495 e. The van der Waals surface area contributed by atoms with Crippen molar-refractivity contribution in [1.82, 2.24) is 0 Å². The van der Waals surface area contributed by atoms with E-state index in [-0.39, 0.29) is 11.9 Å². The van der Waals surface area contributed by atoms with Crippen LogP contribution < -0.4 is 21.1 Å². The lowest BCUT2D eigenvalue weighted by molar-refractivity contribution is -0.119. The normalized spacial score (nSPS) is 19.4. The number of anilines is 2. The highest BCUT2D eigenvalue weighted by atomic mass is 16.5. The average molecular weight is 235 g/mol. The van der Waals surface area contributed by atoms with Crippen LogP contribution in [0.5, 0.6) is 5.75 Å². The fraction of sp³-hybridized carbons (Fsp3) is 0.417. The molecule has 2 rings (SSSR count). The molecule has 5 heteroatoms. The topological polar surface area (TPSA) is 81.6 Å². The number of nitrogens with two attached hydrogens (primary N) is 2. The summed E-state index contributed by atoms with van der Waals surface area (Å²) in [5, 5.41) is 0. The quantitative estimate of drug-likeness (QED) is 0.757. The first-order chi connectivity index (χ1) is 8.13. The molecule has 0 saturated carbocycles. The molecule has 1 aliphatic heterocycles. The van der Waals surface area contributed by atoms with Crippen molar-refractivity contribution in [2.75, 3.05) is 24.3 Å². The van der Waals surface area contributed by atoms with E-state index in [1.54, 1.807) is 13.2 Å². The second-order valence-corrected chi connectivity index (χ2v) is 4.18. The Morgan fingerprint density at radius 3 is 2.94 bits per heavy atom. The maximum absolute atomic E-state index is 11.3. The van der Waals surface area contributed by atoms with Crippen LogP contribution in [0.2, 0.25) is 0 Å². The first-order valence-electron chi connectivity index (χ1n) is 5.63. The van der Waals surface area contributed by atoms with Crippen molar-refractivity contribution < 1.29 is 9.53 Å². The molecule has 0 aliphatic carbocycles. The molecule has 1 heterocycles. The Kier molecular flexibility index (Phi) is 3.08. The van der Waals surface area contributed by atoms with Gasteiger partial charge < -0.3 is 21.1 Å². The summed E-state index contributed by atoms with van der Waals surface area (Å²) in [6, 6.07) is 5.29. The number of carbonyl (C=O) groups excluding carboxylic acids is 1. The molecule has 1 fully saturated rings. The standard InChI is InChI=1S/C12H17N3O2/c1-17-11-7-8(4-5-9(11)13)15-6-2-3-10(15)12(14)16/h4-5,7,10H,2-3,6,13H2,1H3,(H2,14,16)/t10-/m1/s1. The minimum absolute atomic E-state index is 0.219. The van der Waals surface area contributed by atoms with E-state index in [0.717, 1.165) is 25.1 Å². The first kappa shape index (κ1) is 11.6. The number of hydrogen-bond donors (Lipinski definition) is 2. The maximum Gasteiger partial charge on any atom is 0.240 e. The van der Waals surface area contributed by atoms with Crippen LogP contribution in [-0.2, 0) is 4.79 Å². The Morgan fingerprint density at radius 1 is 1.53 bits per heavy atom. The number of benzene rings is 1. The lowest BCUT2D eigenvalue weighted by Crippen LogP contribution is -2.40. The Labute approximate surface area is 100 Å². The lowest BCUT2D eigenvalue weighted by Gasteiger charge is -2.25. The summed E-state index contributed by atoms with van der Waals surface area (Å²) in [4.78, 5) is 13.3. The molecule has 0 bridgehead atoms. The van der Waals surface area contributed by atoms with Gasteiger partial charge in [0.1, 0.15) is 11.8 Å². The highest BCUT2D eigenvalue weighted by Crippen LogP contribution is 2.31. The number of carbonyl (C=O) groups is 1. The molecule has 5 nitrogen and oxygen atoms in total.